The van der Waals surface area contributed by atoms with Crippen LogP contribution in [0.4, 0.5) is 16.0 Å². The Balaban J connectivity index is 3.63. The number of H-pyrrole nitrogens is 1. The van der Waals surface area contributed by atoms with Crippen LogP contribution >= 0.6 is 0 Å². The quantitative estimate of drug-likeness (QED) is 0.347. The lowest BCUT2D eigenvalue weighted by atomic mass is 10.3. The van der Waals surface area contributed by atoms with E-state index in [0.717, 1.165) is 5.54 Å². The van der Waals surface area contributed by atoms with Gasteiger partial charge in [-0.15, -0.1) is 4.48 Å². The first-order chi connectivity index (χ1) is 5.57. The Morgan fingerprint density at radius 2 is 2.17 bits per heavy atom. The van der Waals surface area contributed by atoms with Crippen molar-refractivity contribution in [3.63, 3.8) is 0 Å². The molecule has 0 atom stereocenters. The van der Waals surface area contributed by atoms with Gasteiger partial charge in [0.15, 0.2) is 5.69 Å². The summed E-state index contributed by atoms with van der Waals surface area (Å²) in [5.74, 6) is -0.394. The van der Waals surface area contributed by atoms with Gasteiger partial charge >= 0.3 is 5.69 Å². The lowest BCUT2D eigenvalue weighted by Gasteiger charge is -2.02. The molecule has 0 aliphatic heterocycles. The molecule has 1 aromatic rings. The Kier molecular flexibility index (Phi) is 1.90. The molecule has 0 saturated heterocycles. The van der Waals surface area contributed by atoms with Crippen molar-refractivity contribution in [1.82, 2.24) is 9.46 Å². The van der Waals surface area contributed by atoms with E-state index in [1.807, 2.05) is 4.98 Å². The number of aromatic amines is 1. The smallest absolute Gasteiger partial charge is 0.316 e. The summed E-state index contributed by atoms with van der Waals surface area (Å²) in [5.41, 5.74) is 3.58. The molecule has 0 unspecified atom stereocenters. The summed E-state index contributed by atoms with van der Waals surface area (Å²) in [5, 5.41) is 0. The molecular weight excluding hydrogens is 166 g/mol. The normalized spacial score (nSPS) is 9.75. The highest BCUT2D eigenvalue weighted by molar-refractivity contribution is 6.06. The molecule has 0 aliphatic rings. The van der Waals surface area contributed by atoms with E-state index in [0.29, 0.717) is 0 Å². The minimum absolute atomic E-state index is 0.207. The first-order valence-corrected chi connectivity index (χ1v) is 2.84. The summed E-state index contributed by atoms with van der Waals surface area (Å²) in [7, 11) is 4.93. The van der Waals surface area contributed by atoms with E-state index in [1.54, 1.807) is 0 Å². The van der Waals surface area contributed by atoms with Crippen LogP contribution in [0.3, 0.4) is 0 Å². The highest BCUT2D eigenvalue weighted by Crippen LogP contribution is 2.04. The van der Waals surface area contributed by atoms with Crippen LogP contribution < -0.4 is 22.5 Å². The second kappa shape index (κ2) is 2.72. The molecule has 1 aromatic heterocycles. The summed E-state index contributed by atoms with van der Waals surface area (Å²) in [6, 6.07) is 0. The van der Waals surface area contributed by atoms with Crippen molar-refractivity contribution in [3.05, 3.63) is 20.8 Å². The summed E-state index contributed by atoms with van der Waals surface area (Å²) in [6.07, 6.45) is 0. The third kappa shape index (κ3) is 1.07. The average Bonchev–Trinajstić information content (AvgIpc) is 2.01. The fraction of sp³-hybridized carbons (Fsp3) is 0. The summed E-state index contributed by atoms with van der Waals surface area (Å²) < 4.78 is 12.0. The van der Waals surface area contributed by atoms with E-state index in [9.17, 15) is 14.1 Å². The summed E-state index contributed by atoms with van der Waals surface area (Å²) in [6.45, 7) is 0. The molecular formula is C4H4BFN4O2. The minimum Gasteiger partial charge on any atom is -0.383 e. The van der Waals surface area contributed by atoms with Crippen LogP contribution in [-0.4, -0.2) is 17.4 Å². The van der Waals surface area contributed by atoms with Gasteiger partial charge in [-0.3, -0.25) is 9.78 Å². The number of nitrogens with zero attached hydrogens (tertiary/aromatic N) is 1. The summed E-state index contributed by atoms with van der Waals surface area (Å²) in [4.78, 5) is 23.5. The molecule has 0 bridgehead atoms. The third-order valence-electron chi connectivity index (χ3n) is 1.26. The van der Waals surface area contributed by atoms with Gasteiger partial charge < -0.3 is 10.2 Å². The van der Waals surface area contributed by atoms with Crippen molar-refractivity contribution < 1.29 is 4.48 Å². The fourth-order valence-corrected chi connectivity index (χ4v) is 0.657. The first kappa shape index (κ1) is 8.37. The molecule has 12 heavy (non-hydrogen) atoms. The zero-order valence-electron chi connectivity index (χ0n) is 5.80. The molecule has 62 valence electrons. The molecule has 2 radical (unpaired) electrons. The van der Waals surface area contributed by atoms with E-state index in [1.165, 1.54) is 0 Å². The number of rotatable bonds is 1. The Hall–Kier alpha value is -1.73. The minimum atomic E-state index is -1.03. The Morgan fingerprint density at radius 3 is 2.67 bits per heavy atom. The van der Waals surface area contributed by atoms with Gasteiger partial charge in [0.2, 0.25) is 7.98 Å². The highest BCUT2D eigenvalue weighted by atomic mass is 19.2. The molecule has 0 fully saturated rings. The van der Waals surface area contributed by atoms with Crippen LogP contribution in [0.25, 0.3) is 0 Å². The number of halogens is 1. The molecule has 0 aromatic carbocycles. The van der Waals surface area contributed by atoms with E-state index < -0.39 is 22.8 Å². The average molecular weight is 170 g/mol. The van der Waals surface area contributed by atoms with Gasteiger partial charge in [0.1, 0.15) is 5.82 Å². The van der Waals surface area contributed by atoms with Gasteiger partial charge in [0, 0.05) is 0 Å². The summed E-state index contributed by atoms with van der Waals surface area (Å²) >= 11 is 0. The van der Waals surface area contributed by atoms with Crippen molar-refractivity contribution in [3.8, 4) is 0 Å². The molecule has 0 spiro atoms. The zero-order valence-corrected chi connectivity index (χ0v) is 5.80. The Morgan fingerprint density at radius 1 is 1.58 bits per heavy atom. The topological polar surface area (TPSA) is 92.9 Å². The van der Waals surface area contributed by atoms with Crippen LogP contribution in [-0.2, 0) is 0 Å². The lowest BCUT2D eigenvalue weighted by molar-refractivity contribution is 0.614. The van der Waals surface area contributed by atoms with E-state index in [4.69, 9.17) is 13.7 Å². The van der Waals surface area contributed by atoms with Crippen LogP contribution in [0.15, 0.2) is 9.59 Å². The van der Waals surface area contributed by atoms with Crippen LogP contribution in [0.1, 0.15) is 0 Å². The predicted octanol–water partition coefficient (Wildman–Crippen LogP) is -1.65. The lowest BCUT2D eigenvalue weighted by Crippen LogP contribution is -2.35. The second-order valence-corrected chi connectivity index (χ2v) is 1.99. The van der Waals surface area contributed by atoms with Crippen LogP contribution in [0.2, 0.25) is 0 Å². The van der Waals surface area contributed by atoms with E-state index in [2.05, 4.69) is 0 Å². The number of hydrogen-bond acceptors (Lipinski definition) is 4. The Bertz CT molecular complexity index is 410. The van der Waals surface area contributed by atoms with E-state index >= 15 is 0 Å². The molecule has 4 N–H and O–H groups in total. The maximum Gasteiger partial charge on any atom is 0.316 e. The van der Waals surface area contributed by atoms with E-state index in [-0.39, 0.29) is 4.48 Å². The number of hydrogen-bond donors (Lipinski definition) is 3. The third-order valence-corrected chi connectivity index (χ3v) is 1.26. The number of nitrogen functional groups attached to an aromatic ring is 1. The van der Waals surface area contributed by atoms with Crippen molar-refractivity contribution in [2.24, 2.45) is 0 Å². The first-order valence-electron chi connectivity index (χ1n) is 2.84. The fourth-order valence-electron chi connectivity index (χ4n) is 0.657. The Labute approximate surface area is 66.6 Å². The molecule has 8 heteroatoms. The molecule has 0 amide bonds. The van der Waals surface area contributed by atoms with Crippen molar-refractivity contribution in [1.29, 1.82) is 0 Å². The largest absolute Gasteiger partial charge is 0.383 e. The maximum absolute atomic E-state index is 11.8. The zero-order chi connectivity index (χ0) is 9.30. The number of aromatic nitrogens is 2. The van der Waals surface area contributed by atoms with Gasteiger partial charge in [0.05, 0.1) is 0 Å². The monoisotopic (exact) mass is 170 g/mol. The SMILES string of the molecule is [B]n1c(=O)[nH]c(N)c(NF)c1=O. The highest BCUT2D eigenvalue weighted by Gasteiger charge is 2.07. The van der Waals surface area contributed by atoms with Crippen molar-refractivity contribution in [2.75, 3.05) is 11.3 Å². The number of anilines is 2. The number of nitrogens with one attached hydrogen (secondary N) is 2. The van der Waals surface area contributed by atoms with Gasteiger partial charge in [-0.05, 0) is 0 Å². The predicted molar refractivity (Wildman–Crippen MR) is 41.6 cm³/mol. The standard InChI is InChI=1S/C4H4BFN4O2/c5-10-3(11)1(9-6)2(7)8-4(10)12/h9H,7H2,(H,8,12). The molecule has 1 rings (SSSR count). The van der Waals surface area contributed by atoms with Gasteiger partial charge in [-0.25, -0.2) is 10.3 Å². The maximum atomic E-state index is 11.8. The molecule has 6 nitrogen and oxygen atoms in total. The van der Waals surface area contributed by atoms with Crippen LogP contribution in [0, 0.1) is 0 Å². The molecule has 0 aliphatic carbocycles. The van der Waals surface area contributed by atoms with Crippen LogP contribution in [0.5, 0.6) is 0 Å². The molecule has 1 heterocycles. The van der Waals surface area contributed by atoms with Gasteiger partial charge in [-0.2, -0.15) is 0 Å². The van der Waals surface area contributed by atoms with Crippen molar-refractivity contribution in [2.45, 2.75) is 0 Å². The molecule has 0 saturated carbocycles. The van der Waals surface area contributed by atoms with Gasteiger partial charge in [-0.1, -0.05) is 0 Å². The van der Waals surface area contributed by atoms with Crippen molar-refractivity contribution >= 4 is 19.5 Å². The second-order valence-electron chi connectivity index (χ2n) is 1.99. The number of nitrogens with two attached hydrogens (primary N) is 1. The van der Waals surface area contributed by atoms with Gasteiger partial charge in [0.25, 0.3) is 5.56 Å².